The zero-order valence-electron chi connectivity index (χ0n) is 18.2. The maximum Gasteiger partial charge on any atom is 0.142 e. The second-order valence-electron chi connectivity index (χ2n) is 7.77. The van der Waals surface area contributed by atoms with Crippen LogP contribution in [0.2, 0.25) is 0 Å². The minimum atomic E-state index is 0.147. The van der Waals surface area contributed by atoms with Crippen molar-refractivity contribution in [3.05, 3.63) is 95.6 Å². The normalized spacial score (nSPS) is 10.7. The Balaban J connectivity index is 1.76. The minimum absolute atomic E-state index is 0.147. The van der Waals surface area contributed by atoms with Gasteiger partial charge in [0.2, 0.25) is 0 Å². The average Bonchev–Trinajstić information content (AvgIpc) is 2.77. The van der Waals surface area contributed by atoms with Crippen LogP contribution in [-0.4, -0.2) is 15.3 Å². The van der Waals surface area contributed by atoms with Crippen molar-refractivity contribution in [2.75, 3.05) is 4.90 Å². The molecule has 0 aliphatic carbocycles. The number of hydrogen-bond donors (Lipinski definition) is 3. The van der Waals surface area contributed by atoms with Crippen LogP contribution >= 0.6 is 0 Å². The van der Waals surface area contributed by atoms with Gasteiger partial charge < -0.3 is 25.0 Å². The van der Waals surface area contributed by atoms with E-state index in [1.807, 2.05) is 86.3 Å². The van der Waals surface area contributed by atoms with Crippen molar-refractivity contribution in [2.24, 2.45) is 0 Å². The van der Waals surface area contributed by atoms with Gasteiger partial charge in [0.05, 0.1) is 11.4 Å². The lowest BCUT2D eigenvalue weighted by atomic mass is 10.1. The van der Waals surface area contributed by atoms with E-state index in [0.717, 1.165) is 22.4 Å². The Morgan fingerprint density at radius 1 is 0.625 bits per heavy atom. The van der Waals surface area contributed by atoms with Crippen LogP contribution in [0.1, 0.15) is 16.7 Å². The fraction of sp³-hybridized carbons (Fsp3) is 0.111. The van der Waals surface area contributed by atoms with E-state index in [-0.39, 0.29) is 17.2 Å². The van der Waals surface area contributed by atoms with E-state index in [1.54, 1.807) is 18.2 Å². The van der Waals surface area contributed by atoms with E-state index in [0.29, 0.717) is 22.9 Å². The molecule has 0 bridgehead atoms. The highest BCUT2D eigenvalue weighted by Crippen LogP contribution is 2.45. The number of aryl methyl sites for hydroxylation is 3. The summed E-state index contributed by atoms with van der Waals surface area (Å²) >= 11 is 0. The Bertz CT molecular complexity index is 1210. The summed E-state index contributed by atoms with van der Waals surface area (Å²) in [6.07, 6.45) is 0. The third-order valence-electron chi connectivity index (χ3n) is 5.40. The maximum atomic E-state index is 10.8. The van der Waals surface area contributed by atoms with Gasteiger partial charge in [-0.1, -0.05) is 24.3 Å². The summed E-state index contributed by atoms with van der Waals surface area (Å²) in [5.74, 6) is 1.77. The third kappa shape index (κ3) is 4.05. The quantitative estimate of drug-likeness (QED) is 0.320. The Morgan fingerprint density at radius 2 is 1.19 bits per heavy atom. The van der Waals surface area contributed by atoms with Gasteiger partial charge in [-0.3, -0.25) is 0 Å². The van der Waals surface area contributed by atoms with Gasteiger partial charge in [-0.2, -0.15) is 0 Å². The first-order valence-corrected chi connectivity index (χ1v) is 10.3. The van der Waals surface area contributed by atoms with Gasteiger partial charge >= 0.3 is 0 Å². The summed E-state index contributed by atoms with van der Waals surface area (Å²) in [7, 11) is 0. The van der Waals surface area contributed by atoms with Gasteiger partial charge in [0, 0.05) is 5.69 Å². The fourth-order valence-electron chi connectivity index (χ4n) is 3.59. The monoisotopic (exact) mass is 427 g/mol. The molecule has 0 aromatic heterocycles. The standard InChI is InChI=1S/C27H25NO4/c1-17-6-4-8-23(26(17)30)28(24-9-5-7-18(2)27(24)31)20-10-13-22(14-11-20)32-25-15-12-21(29)16-19(25)3/h4-16,29-31H,1-3H3. The third-order valence-corrected chi connectivity index (χ3v) is 5.40. The van der Waals surface area contributed by atoms with Crippen molar-refractivity contribution >= 4 is 17.1 Å². The van der Waals surface area contributed by atoms with Crippen LogP contribution in [0.3, 0.4) is 0 Å². The zero-order chi connectivity index (χ0) is 22.8. The highest BCUT2D eigenvalue weighted by Gasteiger charge is 2.20. The largest absolute Gasteiger partial charge is 0.508 e. The molecule has 0 spiro atoms. The molecule has 0 saturated carbocycles. The zero-order valence-corrected chi connectivity index (χ0v) is 18.2. The van der Waals surface area contributed by atoms with Crippen molar-refractivity contribution in [1.29, 1.82) is 0 Å². The molecule has 0 unspecified atom stereocenters. The molecule has 4 aromatic carbocycles. The Hall–Kier alpha value is -4.12. The van der Waals surface area contributed by atoms with Crippen molar-refractivity contribution < 1.29 is 20.1 Å². The molecule has 0 atom stereocenters. The minimum Gasteiger partial charge on any atom is -0.508 e. The number of nitrogens with zero attached hydrogens (tertiary/aromatic N) is 1. The van der Waals surface area contributed by atoms with Crippen LogP contribution in [0.25, 0.3) is 0 Å². The van der Waals surface area contributed by atoms with Crippen molar-refractivity contribution in [2.45, 2.75) is 20.8 Å². The van der Waals surface area contributed by atoms with Crippen molar-refractivity contribution in [3.8, 4) is 28.7 Å². The molecule has 0 amide bonds. The summed E-state index contributed by atoms with van der Waals surface area (Å²) in [6.45, 7) is 5.54. The van der Waals surface area contributed by atoms with Crippen molar-refractivity contribution in [3.63, 3.8) is 0 Å². The van der Waals surface area contributed by atoms with E-state index in [1.165, 1.54) is 0 Å². The maximum absolute atomic E-state index is 10.8. The van der Waals surface area contributed by atoms with Crippen LogP contribution in [0.5, 0.6) is 28.7 Å². The molecule has 0 aliphatic rings. The van der Waals surface area contributed by atoms with E-state index in [2.05, 4.69) is 0 Å². The van der Waals surface area contributed by atoms with Gasteiger partial charge in [0.15, 0.2) is 0 Å². The van der Waals surface area contributed by atoms with Gasteiger partial charge in [-0.25, -0.2) is 0 Å². The number of anilines is 3. The molecule has 32 heavy (non-hydrogen) atoms. The first kappa shape index (κ1) is 21.1. The lowest BCUT2D eigenvalue weighted by molar-refractivity contribution is 0.461. The summed E-state index contributed by atoms with van der Waals surface area (Å²) < 4.78 is 5.97. The van der Waals surface area contributed by atoms with E-state index < -0.39 is 0 Å². The number of ether oxygens (including phenoxy) is 1. The molecule has 162 valence electrons. The molecule has 4 aromatic rings. The molecule has 0 aliphatic heterocycles. The molecule has 0 heterocycles. The highest BCUT2D eigenvalue weighted by atomic mass is 16.5. The highest BCUT2D eigenvalue weighted by molar-refractivity contribution is 5.84. The van der Waals surface area contributed by atoms with Gasteiger partial charge in [0.1, 0.15) is 28.7 Å². The van der Waals surface area contributed by atoms with Crippen LogP contribution in [-0.2, 0) is 0 Å². The van der Waals surface area contributed by atoms with Gasteiger partial charge in [-0.05, 0) is 92.1 Å². The topological polar surface area (TPSA) is 73.2 Å². The number of para-hydroxylation sites is 2. The Labute approximate surface area is 187 Å². The van der Waals surface area contributed by atoms with E-state index in [9.17, 15) is 15.3 Å². The Kier molecular flexibility index (Phi) is 5.65. The Morgan fingerprint density at radius 3 is 1.72 bits per heavy atom. The summed E-state index contributed by atoms with van der Waals surface area (Å²) in [6, 6.07) is 23.4. The number of rotatable bonds is 5. The second kappa shape index (κ2) is 8.55. The fourth-order valence-corrected chi connectivity index (χ4v) is 3.59. The molecule has 3 N–H and O–H groups in total. The second-order valence-corrected chi connectivity index (χ2v) is 7.77. The summed E-state index contributed by atoms with van der Waals surface area (Å²) in [4.78, 5) is 1.82. The molecule has 0 fully saturated rings. The summed E-state index contributed by atoms with van der Waals surface area (Å²) in [5, 5.41) is 31.2. The summed E-state index contributed by atoms with van der Waals surface area (Å²) in [5.41, 5.74) is 4.18. The molecule has 5 heteroatoms. The lowest BCUT2D eigenvalue weighted by Crippen LogP contribution is -2.11. The first-order valence-electron chi connectivity index (χ1n) is 10.3. The molecule has 0 saturated heterocycles. The smallest absolute Gasteiger partial charge is 0.142 e. The van der Waals surface area contributed by atoms with Crippen LogP contribution in [0, 0.1) is 20.8 Å². The molecule has 5 nitrogen and oxygen atoms in total. The lowest BCUT2D eigenvalue weighted by Gasteiger charge is -2.27. The number of hydrogen-bond acceptors (Lipinski definition) is 5. The van der Waals surface area contributed by atoms with E-state index in [4.69, 9.17) is 4.74 Å². The predicted octanol–water partition coefficient (Wildman–Crippen LogP) is 6.99. The molecular formula is C27H25NO4. The average molecular weight is 428 g/mol. The number of phenolic OH excluding ortho intramolecular Hbond substituents is 3. The number of phenols is 3. The number of aromatic hydroxyl groups is 3. The van der Waals surface area contributed by atoms with Gasteiger partial charge in [-0.15, -0.1) is 0 Å². The molecule has 4 rings (SSSR count). The molecular weight excluding hydrogens is 402 g/mol. The van der Waals surface area contributed by atoms with Gasteiger partial charge in [0.25, 0.3) is 0 Å². The predicted molar refractivity (Wildman–Crippen MR) is 127 cm³/mol. The SMILES string of the molecule is Cc1cc(O)ccc1Oc1ccc(N(c2cccc(C)c2O)c2cccc(C)c2O)cc1. The van der Waals surface area contributed by atoms with Crippen molar-refractivity contribution in [1.82, 2.24) is 0 Å². The van der Waals surface area contributed by atoms with Crippen LogP contribution in [0.15, 0.2) is 78.9 Å². The molecule has 0 radical (unpaired) electrons. The van der Waals surface area contributed by atoms with E-state index >= 15 is 0 Å². The first-order chi connectivity index (χ1) is 15.3. The van der Waals surface area contributed by atoms with Crippen LogP contribution < -0.4 is 9.64 Å². The van der Waals surface area contributed by atoms with Crippen LogP contribution in [0.4, 0.5) is 17.1 Å². The number of benzene rings is 4.